The maximum Gasteiger partial charge on any atom is 0.238 e. The number of halogens is 1. The molecule has 1 N–H and O–H groups in total. The Kier molecular flexibility index (Phi) is 7.03. The quantitative estimate of drug-likeness (QED) is 0.483. The van der Waals surface area contributed by atoms with E-state index in [0.717, 1.165) is 43.6 Å². The molecule has 0 atom stereocenters. The van der Waals surface area contributed by atoms with E-state index >= 15 is 0 Å². The fraction of sp³-hybridized carbons (Fsp3) is 0.320. The van der Waals surface area contributed by atoms with Crippen LogP contribution in [0.4, 0.5) is 5.95 Å². The van der Waals surface area contributed by atoms with Crippen LogP contribution < -0.4 is 10.1 Å². The summed E-state index contributed by atoms with van der Waals surface area (Å²) in [5.41, 5.74) is 3.76. The van der Waals surface area contributed by atoms with E-state index < -0.39 is 0 Å². The van der Waals surface area contributed by atoms with Crippen molar-refractivity contribution in [3.05, 3.63) is 75.4 Å². The second kappa shape index (κ2) is 10.1. The van der Waals surface area contributed by atoms with Gasteiger partial charge in [-0.2, -0.15) is 10.2 Å². The lowest BCUT2D eigenvalue weighted by Gasteiger charge is -2.32. The monoisotopic (exact) mass is 491 g/mol. The first-order chi connectivity index (χ1) is 15.5. The number of anilines is 1. The van der Waals surface area contributed by atoms with Crippen LogP contribution in [0.2, 0.25) is 0 Å². The zero-order valence-electron chi connectivity index (χ0n) is 18.3. The number of piperidine rings is 1. The SMILES string of the molecule is Cc1cc(C#N)cc(C)c1Oc1nc(NC2CCN(Cc3ccccc3)CC2)ncc1Br. The van der Waals surface area contributed by atoms with Gasteiger partial charge in [0.15, 0.2) is 0 Å². The van der Waals surface area contributed by atoms with Crippen molar-refractivity contribution in [1.82, 2.24) is 14.9 Å². The summed E-state index contributed by atoms with van der Waals surface area (Å²) in [6.07, 6.45) is 3.79. The Morgan fingerprint density at radius 2 is 1.84 bits per heavy atom. The van der Waals surface area contributed by atoms with Gasteiger partial charge in [0.05, 0.1) is 22.3 Å². The van der Waals surface area contributed by atoms with Crippen molar-refractivity contribution >= 4 is 21.9 Å². The van der Waals surface area contributed by atoms with Crippen molar-refractivity contribution in [2.45, 2.75) is 39.3 Å². The maximum absolute atomic E-state index is 9.16. The predicted octanol–water partition coefficient (Wildman–Crippen LogP) is 5.60. The van der Waals surface area contributed by atoms with Gasteiger partial charge in [-0.1, -0.05) is 30.3 Å². The van der Waals surface area contributed by atoms with Gasteiger partial charge in [0.1, 0.15) is 5.75 Å². The predicted molar refractivity (Wildman–Crippen MR) is 129 cm³/mol. The third-order valence-corrected chi connectivity index (χ3v) is 6.21. The van der Waals surface area contributed by atoms with Crippen LogP contribution in [0.5, 0.6) is 11.6 Å². The normalized spacial score (nSPS) is 14.7. The van der Waals surface area contributed by atoms with Crippen LogP contribution in [0.3, 0.4) is 0 Å². The molecule has 1 aliphatic rings. The van der Waals surface area contributed by atoms with Gasteiger partial charge < -0.3 is 10.1 Å². The van der Waals surface area contributed by atoms with Crippen molar-refractivity contribution < 1.29 is 4.74 Å². The van der Waals surface area contributed by atoms with E-state index in [1.165, 1.54) is 5.56 Å². The largest absolute Gasteiger partial charge is 0.437 e. The Labute approximate surface area is 197 Å². The summed E-state index contributed by atoms with van der Waals surface area (Å²) in [6.45, 7) is 6.93. The summed E-state index contributed by atoms with van der Waals surface area (Å²) < 4.78 is 6.81. The number of aromatic nitrogens is 2. The molecule has 4 rings (SSSR count). The molecule has 2 heterocycles. The third kappa shape index (κ3) is 5.45. The Morgan fingerprint density at radius 3 is 2.50 bits per heavy atom. The van der Waals surface area contributed by atoms with Crippen LogP contribution in [0.1, 0.15) is 35.1 Å². The lowest BCUT2D eigenvalue weighted by molar-refractivity contribution is 0.211. The molecule has 6 nitrogen and oxygen atoms in total. The van der Waals surface area contributed by atoms with Crippen molar-refractivity contribution in [2.75, 3.05) is 18.4 Å². The molecule has 3 aromatic rings. The number of likely N-dealkylation sites (tertiary alicyclic amines) is 1. The van der Waals surface area contributed by atoms with Crippen molar-refractivity contribution in [3.63, 3.8) is 0 Å². The van der Waals surface area contributed by atoms with Crippen molar-refractivity contribution in [2.24, 2.45) is 0 Å². The summed E-state index contributed by atoms with van der Waals surface area (Å²) in [5.74, 6) is 1.73. The molecule has 0 unspecified atom stereocenters. The average Bonchev–Trinajstić information content (AvgIpc) is 2.80. The molecule has 0 bridgehead atoms. The molecule has 2 aromatic carbocycles. The number of nitriles is 1. The van der Waals surface area contributed by atoms with Gasteiger partial charge in [-0.15, -0.1) is 0 Å². The molecular formula is C25H26BrN5O. The molecule has 1 aromatic heterocycles. The molecular weight excluding hydrogens is 466 g/mol. The lowest BCUT2D eigenvalue weighted by Crippen LogP contribution is -2.38. The number of benzene rings is 2. The Bertz CT molecular complexity index is 1100. The average molecular weight is 492 g/mol. The molecule has 7 heteroatoms. The minimum atomic E-state index is 0.328. The number of hydrogen-bond donors (Lipinski definition) is 1. The van der Waals surface area contributed by atoms with E-state index in [4.69, 9.17) is 10.00 Å². The molecule has 0 spiro atoms. The number of aryl methyl sites for hydroxylation is 2. The minimum absolute atomic E-state index is 0.328. The van der Waals surface area contributed by atoms with Gasteiger partial charge >= 0.3 is 0 Å². The number of hydrogen-bond acceptors (Lipinski definition) is 6. The molecule has 0 aliphatic carbocycles. The summed E-state index contributed by atoms with van der Waals surface area (Å²) in [5, 5.41) is 12.6. The molecule has 0 radical (unpaired) electrons. The van der Waals surface area contributed by atoms with Crippen LogP contribution in [-0.2, 0) is 6.54 Å². The van der Waals surface area contributed by atoms with E-state index in [-0.39, 0.29) is 0 Å². The Morgan fingerprint density at radius 1 is 1.16 bits per heavy atom. The fourth-order valence-electron chi connectivity index (χ4n) is 4.02. The standard InChI is InChI=1S/C25H26BrN5O/c1-17-12-20(14-27)13-18(2)23(17)32-24-22(26)15-28-25(30-24)29-21-8-10-31(11-9-21)16-19-6-4-3-5-7-19/h3-7,12-13,15,21H,8-11,16H2,1-2H3,(H,28,29,30). The van der Waals surface area contributed by atoms with Crippen molar-refractivity contribution in [1.29, 1.82) is 5.26 Å². The highest BCUT2D eigenvalue weighted by molar-refractivity contribution is 9.10. The summed E-state index contributed by atoms with van der Waals surface area (Å²) in [6, 6.07) is 16.7. The molecule has 32 heavy (non-hydrogen) atoms. The van der Waals surface area contributed by atoms with Gasteiger partial charge in [0.2, 0.25) is 11.8 Å². The van der Waals surface area contributed by atoms with E-state index in [9.17, 15) is 0 Å². The number of nitrogens with zero attached hydrogens (tertiary/aromatic N) is 4. The maximum atomic E-state index is 9.16. The summed E-state index contributed by atoms with van der Waals surface area (Å²) in [7, 11) is 0. The highest BCUT2D eigenvalue weighted by atomic mass is 79.9. The number of nitrogens with one attached hydrogen (secondary N) is 1. The molecule has 1 saturated heterocycles. The first-order valence-corrected chi connectivity index (χ1v) is 11.6. The zero-order chi connectivity index (χ0) is 22.5. The number of rotatable bonds is 6. The molecule has 0 amide bonds. The Balaban J connectivity index is 1.39. The van der Waals surface area contributed by atoms with E-state index in [2.05, 4.69) is 72.5 Å². The van der Waals surface area contributed by atoms with Gasteiger partial charge in [0, 0.05) is 25.7 Å². The highest BCUT2D eigenvalue weighted by Gasteiger charge is 2.21. The van der Waals surface area contributed by atoms with E-state index in [0.29, 0.717) is 33.7 Å². The molecule has 0 saturated carbocycles. The molecule has 1 aliphatic heterocycles. The van der Waals surface area contributed by atoms with Crippen LogP contribution in [-0.4, -0.2) is 34.0 Å². The fourth-order valence-corrected chi connectivity index (χ4v) is 4.30. The topological polar surface area (TPSA) is 74.1 Å². The van der Waals surface area contributed by atoms with Crippen LogP contribution in [0, 0.1) is 25.2 Å². The molecule has 164 valence electrons. The second-order valence-corrected chi connectivity index (χ2v) is 9.03. The van der Waals surface area contributed by atoms with E-state index in [1.807, 2.05) is 26.0 Å². The number of ether oxygens (including phenoxy) is 1. The van der Waals surface area contributed by atoms with Crippen LogP contribution in [0.25, 0.3) is 0 Å². The van der Waals surface area contributed by atoms with Crippen LogP contribution >= 0.6 is 15.9 Å². The second-order valence-electron chi connectivity index (χ2n) is 8.18. The smallest absolute Gasteiger partial charge is 0.238 e. The first-order valence-electron chi connectivity index (χ1n) is 10.8. The third-order valence-electron chi connectivity index (χ3n) is 5.67. The summed E-state index contributed by atoms with van der Waals surface area (Å²) in [4.78, 5) is 11.5. The molecule has 1 fully saturated rings. The van der Waals surface area contributed by atoms with Gasteiger partial charge in [-0.05, 0) is 71.4 Å². The first kappa shape index (κ1) is 22.3. The van der Waals surface area contributed by atoms with Crippen LogP contribution in [0.15, 0.2) is 53.1 Å². The zero-order valence-corrected chi connectivity index (χ0v) is 19.9. The van der Waals surface area contributed by atoms with Gasteiger partial charge in [0.25, 0.3) is 0 Å². The lowest BCUT2D eigenvalue weighted by atomic mass is 10.0. The Hall–Kier alpha value is -2.95. The highest BCUT2D eigenvalue weighted by Crippen LogP contribution is 2.33. The van der Waals surface area contributed by atoms with Gasteiger partial charge in [-0.3, -0.25) is 4.90 Å². The summed E-state index contributed by atoms with van der Waals surface area (Å²) >= 11 is 3.49. The van der Waals surface area contributed by atoms with E-state index in [1.54, 1.807) is 6.20 Å². The minimum Gasteiger partial charge on any atom is -0.437 e. The van der Waals surface area contributed by atoms with Gasteiger partial charge in [-0.25, -0.2) is 4.98 Å². The van der Waals surface area contributed by atoms with Crippen molar-refractivity contribution in [3.8, 4) is 17.7 Å².